The Hall–Kier alpha value is -2.38. The summed E-state index contributed by atoms with van der Waals surface area (Å²) in [7, 11) is 4.41. The molecule has 0 atom stereocenters. The van der Waals surface area contributed by atoms with Crippen molar-refractivity contribution in [1.29, 1.82) is 0 Å². The summed E-state index contributed by atoms with van der Waals surface area (Å²) in [5.41, 5.74) is -2.18. The van der Waals surface area contributed by atoms with Crippen molar-refractivity contribution in [2.45, 2.75) is 49.5 Å². The number of esters is 2. The second-order valence-electron chi connectivity index (χ2n) is 11.4. The Morgan fingerprint density at radius 2 is 1.02 bits per heavy atom. The van der Waals surface area contributed by atoms with Crippen molar-refractivity contribution in [3.05, 3.63) is 89.6 Å². The first kappa shape index (κ1) is 28.7. The molecule has 7 heterocycles. The van der Waals surface area contributed by atoms with Crippen molar-refractivity contribution in [2.75, 3.05) is 27.2 Å². The highest BCUT2D eigenvalue weighted by Crippen LogP contribution is 2.51. The molecule has 41 heavy (non-hydrogen) atoms. The first-order chi connectivity index (χ1) is 19.5. The van der Waals surface area contributed by atoms with Gasteiger partial charge in [-0.2, -0.15) is 0 Å². The van der Waals surface area contributed by atoms with E-state index >= 15 is 0 Å². The SMILES string of the molecule is CC1(C)OC(=O)C(c2cccs2)(c2cccs2)O1.C[N+]1(C)CCC2(CC1)OC(=O)C(c1cccs1)(c1cccs1)O2. The van der Waals surface area contributed by atoms with E-state index in [-0.39, 0.29) is 11.9 Å². The molecule has 3 aliphatic rings. The predicted octanol–water partition coefficient (Wildman–Crippen LogP) is 6.56. The molecule has 0 bridgehead atoms. The molecule has 0 aromatic carbocycles. The first-order valence-electron chi connectivity index (χ1n) is 13.4. The number of carbonyl (C=O) groups excluding carboxylic acids is 2. The van der Waals surface area contributed by atoms with Crippen LogP contribution in [-0.2, 0) is 39.7 Å². The molecule has 0 radical (unpaired) electrons. The van der Waals surface area contributed by atoms with Crippen LogP contribution >= 0.6 is 45.3 Å². The molecule has 1 spiro atoms. The molecule has 3 aliphatic heterocycles. The van der Waals surface area contributed by atoms with Gasteiger partial charge in [-0.3, -0.25) is 0 Å². The van der Waals surface area contributed by atoms with Crippen LogP contribution in [0.2, 0.25) is 0 Å². The van der Waals surface area contributed by atoms with Crippen LogP contribution in [0.5, 0.6) is 0 Å². The molecule has 3 saturated heterocycles. The number of cyclic esters (lactones) is 1. The molecule has 0 N–H and O–H groups in total. The second-order valence-corrected chi connectivity index (χ2v) is 15.2. The van der Waals surface area contributed by atoms with Crippen LogP contribution in [0.25, 0.3) is 0 Å². The number of rotatable bonds is 4. The molecule has 0 saturated carbocycles. The van der Waals surface area contributed by atoms with Gasteiger partial charge in [-0.15, -0.1) is 45.3 Å². The summed E-state index contributed by atoms with van der Waals surface area (Å²) >= 11 is 6.10. The zero-order valence-electron chi connectivity index (χ0n) is 23.3. The summed E-state index contributed by atoms with van der Waals surface area (Å²) < 4.78 is 24.7. The summed E-state index contributed by atoms with van der Waals surface area (Å²) in [5.74, 6) is -2.28. The number of carbonyl (C=O) groups is 2. The van der Waals surface area contributed by atoms with Gasteiger partial charge in [0.1, 0.15) is 0 Å². The Morgan fingerprint density at radius 1 is 0.634 bits per heavy atom. The maximum Gasteiger partial charge on any atom is 0.352 e. The van der Waals surface area contributed by atoms with E-state index in [0.717, 1.165) is 49.9 Å². The van der Waals surface area contributed by atoms with E-state index < -0.39 is 22.8 Å². The topological polar surface area (TPSA) is 71.1 Å². The maximum atomic E-state index is 13.0. The molecule has 7 rings (SSSR count). The first-order valence-corrected chi connectivity index (χ1v) is 16.9. The van der Waals surface area contributed by atoms with Gasteiger partial charge in [0.05, 0.1) is 59.5 Å². The van der Waals surface area contributed by atoms with Crippen LogP contribution in [0.4, 0.5) is 0 Å². The fourth-order valence-corrected chi connectivity index (χ4v) is 9.03. The highest BCUT2D eigenvalue weighted by atomic mass is 32.1. The highest BCUT2D eigenvalue weighted by molar-refractivity contribution is 7.12. The normalized spacial score (nSPS) is 23.0. The fraction of sp³-hybridized carbons (Fsp3) is 0.400. The van der Waals surface area contributed by atoms with E-state index in [1.165, 1.54) is 22.7 Å². The number of thiophene rings is 4. The lowest BCUT2D eigenvalue weighted by Crippen LogP contribution is -2.53. The van der Waals surface area contributed by atoms with Gasteiger partial charge in [0, 0.05) is 13.8 Å². The van der Waals surface area contributed by atoms with Crippen LogP contribution in [0, 0.1) is 0 Å². The van der Waals surface area contributed by atoms with Gasteiger partial charge in [0.25, 0.3) is 0 Å². The third-order valence-corrected chi connectivity index (χ3v) is 11.5. The summed E-state index contributed by atoms with van der Waals surface area (Å²) in [5, 5.41) is 7.83. The van der Waals surface area contributed by atoms with E-state index in [1.807, 2.05) is 70.1 Å². The Morgan fingerprint density at radius 3 is 1.37 bits per heavy atom. The Kier molecular flexibility index (Phi) is 7.29. The van der Waals surface area contributed by atoms with Crippen LogP contribution in [0.15, 0.2) is 70.1 Å². The third-order valence-electron chi connectivity index (χ3n) is 7.60. The van der Waals surface area contributed by atoms with E-state index in [0.29, 0.717) is 0 Å². The quantitative estimate of drug-likeness (QED) is 0.188. The van der Waals surface area contributed by atoms with E-state index in [4.69, 9.17) is 18.9 Å². The second kappa shape index (κ2) is 10.4. The number of hydrogen-bond acceptors (Lipinski definition) is 10. The largest absolute Gasteiger partial charge is 0.431 e. The summed E-state index contributed by atoms with van der Waals surface area (Å²) in [6.07, 6.45) is 1.48. The van der Waals surface area contributed by atoms with Crippen molar-refractivity contribution in [3.63, 3.8) is 0 Å². The Bertz CT molecular complexity index is 1410. The van der Waals surface area contributed by atoms with Crippen molar-refractivity contribution in [3.8, 4) is 0 Å². The number of quaternary nitrogens is 1. The van der Waals surface area contributed by atoms with Gasteiger partial charge < -0.3 is 23.4 Å². The summed E-state index contributed by atoms with van der Waals surface area (Å²) in [4.78, 5) is 28.9. The molecule has 0 unspecified atom stereocenters. The Labute approximate surface area is 255 Å². The summed E-state index contributed by atoms with van der Waals surface area (Å²) in [6.45, 7) is 5.40. The van der Waals surface area contributed by atoms with Crippen molar-refractivity contribution < 1.29 is 33.0 Å². The molecular formula is C30H32NO6S4+. The predicted molar refractivity (Wildman–Crippen MR) is 161 cm³/mol. The minimum atomic E-state index is -1.09. The van der Waals surface area contributed by atoms with Crippen LogP contribution in [0.3, 0.4) is 0 Å². The minimum absolute atomic E-state index is 0.269. The van der Waals surface area contributed by atoms with Gasteiger partial charge >= 0.3 is 11.9 Å². The number of piperidine rings is 1. The molecule has 216 valence electrons. The molecular weight excluding hydrogens is 599 g/mol. The lowest BCUT2D eigenvalue weighted by Gasteiger charge is -2.41. The van der Waals surface area contributed by atoms with Gasteiger partial charge in [-0.1, -0.05) is 24.3 Å². The van der Waals surface area contributed by atoms with Gasteiger partial charge in [0.15, 0.2) is 0 Å². The standard InChI is InChI=1S/C17H20NO3S2.C13H12O3S2/c1-18(2)9-7-16(8-10-18)20-15(19)17(21-16,13-5-3-11-22-13)14-6-4-12-23-14;1-12(2)15-11(14)13(16-12,9-5-3-7-17-9)10-6-4-8-18-10/h3-6,11-12H,7-10H2,1-2H3;3-8H,1-2H3/q+1;. The zero-order chi connectivity index (χ0) is 28.9. The van der Waals surface area contributed by atoms with E-state index in [2.05, 4.69) is 14.1 Å². The monoisotopic (exact) mass is 630 g/mol. The highest BCUT2D eigenvalue weighted by Gasteiger charge is 2.63. The smallest absolute Gasteiger partial charge is 0.352 e. The van der Waals surface area contributed by atoms with E-state index in [1.54, 1.807) is 36.5 Å². The van der Waals surface area contributed by atoms with Crippen LogP contribution in [0.1, 0.15) is 46.2 Å². The number of nitrogens with zero attached hydrogens (tertiary/aromatic N) is 1. The molecule has 4 aromatic heterocycles. The average Bonchev–Trinajstić information content (AvgIpc) is 3.74. The van der Waals surface area contributed by atoms with Gasteiger partial charge in [-0.25, -0.2) is 9.59 Å². The minimum Gasteiger partial charge on any atom is -0.431 e. The fourth-order valence-electron chi connectivity index (χ4n) is 5.46. The van der Waals surface area contributed by atoms with Crippen molar-refractivity contribution >= 4 is 57.3 Å². The van der Waals surface area contributed by atoms with E-state index in [9.17, 15) is 9.59 Å². The maximum absolute atomic E-state index is 13.0. The zero-order valence-corrected chi connectivity index (χ0v) is 26.6. The molecule has 0 aliphatic carbocycles. The molecule has 7 nitrogen and oxygen atoms in total. The lowest BCUT2D eigenvalue weighted by molar-refractivity contribution is -0.898. The molecule has 0 amide bonds. The average molecular weight is 631 g/mol. The molecule has 4 aromatic rings. The molecule has 3 fully saturated rings. The van der Waals surface area contributed by atoms with Crippen molar-refractivity contribution in [1.82, 2.24) is 0 Å². The van der Waals surface area contributed by atoms with Crippen LogP contribution in [-0.4, -0.2) is 55.2 Å². The van der Waals surface area contributed by atoms with Gasteiger partial charge in [0.2, 0.25) is 22.8 Å². The number of hydrogen-bond donors (Lipinski definition) is 0. The molecule has 11 heteroatoms. The lowest BCUT2D eigenvalue weighted by atomic mass is 9.99. The van der Waals surface area contributed by atoms with Gasteiger partial charge in [-0.05, 0) is 45.8 Å². The summed E-state index contributed by atoms with van der Waals surface area (Å²) in [6, 6.07) is 15.5. The Balaban J connectivity index is 0.000000152. The van der Waals surface area contributed by atoms with Crippen LogP contribution < -0.4 is 0 Å². The number of likely N-dealkylation sites (tertiary alicyclic amines) is 1. The number of ether oxygens (including phenoxy) is 4. The van der Waals surface area contributed by atoms with Crippen molar-refractivity contribution in [2.24, 2.45) is 0 Å². The third kappa shape index (κ3) is 5.01.